The summed E-state index contributed by atoms with van der Waals surface area (Å²) in [6.07, 6.45) is 6.51. The fourth-order valence-corrected chi connectivity index (χ4v) is 1.19. The Bertz CT molecular complexity index is 135. The van der Waals surface area contributed by atoms with E-state index in [2.05, 4.69) is 6.92 Å². The minimum absolute atomic E-state index is 0. The van der Waals surface area contributed by atoms with Crippen molar-refractivity contribution in [2.45, 2.75) is 65.4 Å². The van der Waals surface area contributed by atoms with Gasteiger partial charge in [-0.1, -0.05) is 32.6 Å². The molecular formula is C11H22O2Zn. The molecular weight excluding hydrogens is 230 g/mol. The number of hydrogen-bond acceptors (Lipinski definition) is 2. The first kappa shape index (κ1) is 16.5. The Morgan fingerprint density at radius 2 is 1.71 bits per heavy atom. The van der Waals surface area contributed by atoms with Crippen LogP contribution in [0.3, 0.4) is 0 Å². The second-order valence-corrected chi connectivity index (χ2v) is 3.70. The second kappa shape index (κ2) is 11.2. The molecule has 0 amide bonds. The summed E-state index contributed by atoms with van der Waals surface area (Å²) in [5, 5.41) is 0. The van der Waals surface area contributed by atoms with Crippen LogP contribution in [0.15, 0.2) is 0 Å². The monoisotopic (exact) mass is 250 g/mol. The summed E-state index contributed by atoms with van der Waals surface area (Å²) < 4.78 is 5.02. The predicted molar refractivity (Wildman–Crippen MR) is 54.6 cm³/mol. The summed E-state index contributed by atoms with van der Waals surface area (Å²) in [5.41, 5.74) is 0. The Labute approximate surface area is 101 Å². The molecule has 0 aromatic heterocycles. The number of rotatable bonds is 7. The van der Waals surface area contributed by atoms with Crippen LogP contribution in [0.4, 0.5) is 0 Å². The van der Waals surface area contributed by atoms with Gasteiger partial charge in [0.05, 0.1) is 6.10 Å². The van der Waals surface area contributed by atoms with Gasteiger partial charge in [-0.2, -0.15) is 0 Å². The minimum atomic E-state index is -0.0495. The van der Waals surface area contributed by atoms with Gasteiger partial charge in [-0.25, -0.2) is 0 Å². The molecule has 0 rings (SSSR count). The largest absolute Gasteiger partial charge is 0.463 e. The maximum Gasteiger partial charge on any atom is 0.306 e. The Morgan fingerprint density at radius 3 is 2.21 bits per heavy atom. The summed E-state index contributed by atoms with van der Waals surface area (Å²) in [6, 6.07) is 0. The van der Waals surface area contributed by atoms with Gasteiger partial charge >= 0.3 is 5.97 Å². The summed E-state index contributed by atoms with van der Waals surface area (Å²) in [7, 11) is 0. The number of unbranched alkanes of at least 4 members (excludes halogenated alkanes) is 4. The molecule has 0 saturated carbocycles. The molecule has 3 heteroatoms. The van der Waals surface area contributed by atoms with Crippen molar-refractivity contribution < 1.29 is 29.0 Å². The van der Waals surface area contributed by atoms with Gasteiger partial charge in [0.25, 0.3) is 0 Å². The van der Waals surface area contributed by atoms with Crippen LogP contribution in [0, 0.1) is 0 Å². The summed E-state index contributed by atoms with van der Waals surface area (Å²) in [6.45, 7) is 5.96. The zero-order valence-corrected chi connectivity index (χ0v) is 12.8. The number of hydrogen-bond donors (Lipinski definition) is 0. The zero-order chi connectivity index (χ0) is 10.1. The van der Waals surface area contributed by atoms with E-state index in [1.807, 2.05) is 13.8 Å². The average molecular weight is 252 g/mol. The van der Waals surface area contributed by atoms with Crippen LogP contribution in [0.1, 0.15) is 59.3 Å². The van der Waals surface area contributed by atoms with Gasteiger partial charge in [-0.15, -0.1) is 0 Å². The second-order valence-electron chi connectivity index (χ2n) is 3.70. The van der Waals surface area contributed by atoms with E-state index in [0.717, 1.165) is 12.8 Å². The van der Waals surface area contributed by atoms with Crippen molar-refractivity contribution in [2.75, 3.05) is 0 Å². The van der Waals surface area contributed by atoms with Gasteiger partial charge in [0.2, 0.25) is 0 Å². The number of esters is 1. The van der Waals surface area contributed by atoms with Crippen molar-refractivity contribution in [3.63, 3.8) is 0 Å². The SMILES string of the molecule is CCCCCCCC(=O)OC(C)C.[Zn]. The molecule has 0 saturated heterocycles. The predicted octanol–water partition coefficient (Wildman–Crippen LogP) is 3.30. The summed E-state index contributed by atoms with van der Waals surface area (Å²) in [4.78, 5) is 11.1. The Morgan fingerprint density at radius 1 is 1.14 bits per heavy atom. The van der Waals surface area contributed by atoms with E-state index in [4.69, 9.17) is 4.74 Å². The van der Waals surface area contributed by atoms with Crippen LogP contribution in [0.25, 0.3) is 0 Å². The van der Waals surface area contributed by atoms with Gasteiger partial charge < -0.3 is 4.74 Å². The van der Waals surface area contributed by atoms with Crippen LogP contribution in [0.5, 0.6) is 0 Å². The quantitative estimate of drug-likeness (QED) is 0.394. The van der Waals surface area contributed by atoms with Gasteiger partial charge in [0.1, 0.15) is 0 Å². The number of ether oxygens (including phenoxy) is 1. The number of carbonyl (C=O) groups is 1. The fourth-order valence-electron chi connectivity index (χ4n) is 1.19. The van der Waals surface area contributed by atoms with E-state index >= 15 is 0 Å². The Kier molecular flexibility index (Phi) is 13.2. The molecule has 80 valence electrons. The first-order valence-corrected chi connectivity index (χ1v) is 5.36. The van der Waals surface area contributed by atoms with E-state index < -0.39 is 0 Å². The van der Waals surface area contributed by atoms with Crippen molar-refractivity contribution in [2.24, 2.45) is 0 Å². The van der Waals surface area contributed by atoms with Crippen LogP contribution in [-0.2, 0) is 29.0 Å². The Balaban J connectivity index is 0. The average Bonchev–Trinajstić information content (AvgIpc) is 2.02. The van der Waals surface area contributed by atoms with Crippen LogP contribution in [0.2, 0.25) is 0 Å². The minimum Gasteiger partial charge on any atom is -0.463 e. The molecule has 0 fully saturated rings. The third-order valence-electron chi connectivity index (χ3n) is 1.85. The third-order valence-corrected chi connectivity index (χ3v) is 1.85. The van der Waals surface area contributed by atoms with Crippen molar-refractivity contribution in [1.82, 2.24) is 0 Å². The van der Waals surface area contributed by atoms with E-state index in [-0.39, 0.29) is 31.6 Å². The summed E-state index contributed by atoms with van der Waals surface area (Å²) >= 11 is 0. The van der Waals surface area contributed by atoms with Gasteiger partial charge in [-0.3, -0.25) is 4.79 Å². The molecule has 0 unspecified atom stereocenters. The fraction of sp³-hybridized carbons (Fsp3) is 0.909. The van der Waals surface area contributed by atoms with E-state index in [1.54, 1.807) is 0 Å². The molecule has 2 nitrogen and oxygen atoms in total. The maximum atomic E-state index is 11.1. The molecule has 0 spiro atoms. The third kappa shape index (κ3) is 12.1. The number of carbonyl (C=O) groups excluding carboxylic acids is 1. The van der Waals surface area contributed by atoms with Crippen LogP contribution in [-0.4, -0.2) is 12.1 Å². The van der Waals surface area contributed by atoms with Crippen molar-refractivity contribution in [3.8, 4) is 0 Å². The van der Waals surface area contributed by atoms with E-state index in [9.17, 15) is 4.79 Å². The first-order valence-electron chi connectivity index (χ1n) is 5.36. The molecule has 0 aliphatic carbocycles. The molecule has 0 N–H and O–H groups in total. The smallest absolute Gasteiger partial charge is 0.306 e. The molecule has 0 bridgehead atoms. The molecule has 0 aromatic carbocycles. The molecule has 0 radical (unpaired) electrons. The van der Waals surface area contributed by atoms with E-state index in [1.165, 1.54) is 19.3 Å². The molecule has 0 aromatic rings. The Hall–Kier alpha value is 0.0934. The van der Waals surface area contributed by atoms with Crippen molar-refractivity contribution in [3.05, 3.63) is 0 Å². The van der Waals surface area contributed by atoms with E-state index in [0.29, 0.717) is 6.42 Å². The first-order chi connectivity index (χ1) is 6.16. The standard InChI is InChI=1S/C11H22O2.Zn/c1-4-5-6-7-8-9-11(12)13-10(2)3;/h10H,4-9H2,1-3H3;. The molecule has 14 heavy (non-hydrogen) atoms. The van der Waals surface area contributed by atoms with Crippen molar-refractivity contribution in [1.29, 1.82) is 0 Å². The molecule has 0 aliphatic heterocycles. The topological polar surface area (TPSA) is 26.3 Å². The molecule has 0 heterocycles. The van der Waals surface area contributed by atoms with Crippen LogP contribution >= 0.6 is 0 Å². The summed E-state index contributed by atoms with van der Waals surface area (Å²) in [5.74, 6) is -0.0495. The van der Waals surface area contributed by atoms with Gasteiger partial charge in [-0.05, 0) is 20.3 Å². The van der Waals surface area contributed by atoms with Crippen molar-refractivity contribution >= 4 is 5.97 Å². The maximum absolute atomic E-state index is 11.1. The molecule has 0 atom stereocenters. The zero-order valence-electron chi connectivity index (χ0n) is 9.84. The van der Waals surface area contributed by atoms with Crippen LogP contribution < -0.4 is 0 Å². The van der Waals surface area contributed by atoms with Gasteiger partial charge in [0.15, 0.2) is 0 Å². The normalized spacial score (nSPS) is 9.71. The van der Waals surface area contributed by atoms with Gasteiger partial charge in [0, 0.05) is 25.9 Å². The molecule has 0 aliphatic rings.